The van der Waals surface area contributed by atoms with Crippen molar-refractivity contribution in [2.24, 2.45) is 0 Å². The van der Waals surface area contributed by atoms with Crippen molar-refractivity contribution in [3.63, 3.8) is 0 Å². The number of carbonyl (C=O) groups excluding carboxylic acids is 1. The zero-order valence-corrected chi connectivity index (χ0v) is 8.91. The van der Waals surface area contributed by atoms with E-state index >= 15 is 0 Å². The first-order valence-electron chi connectivity index (χ1n) is 4.77. The van der Waals surface area contributed by atoms with Crippen LogP contribution < -0.4 is 5.32 Å². The molecule has 0 bridgehead atoms. The molecule has 0 aliphatic rings. The van der Waals surface area contributed by atoms with E-state index in [4.69, 9.17) is 5.11 Å². The molecule has 8 heteroatoms. The molecule has 2 N–H and O–H groups in total. The molecule has 96 valence electrons. The number of aliphatic hydroxyl groups is 1. The number of nitrogens with one attached hydrogen (secondary N) is 1. The summed E-state index contributed by atoms with van der Waals surface area (Å²) in [5.41, 5.74) is 0.491. The third kappa shape index (κ3) is 4.06. The number of hydrogen-bond acceptors (Lipinski definition) is 4. The van der Waals surface area contributed by atoms with Crippen LogP contribution in [-0.4, -0.2) is 35.0 Å². The lowest BCUT2D eigenvalue weighted by molar-refractivity contribution is -0.204. The fourth-order valence-electron chi connectivity index (χ4n) is 1.04. The second kappa shape index (κ2) is 5.17. The molecule has 1 heterocycles. The Morgan fingerprint density at radius 1 is 1.65 bits per heavy atom. The Morgan fingerprint density at radius 2 is 2.29 bits per heavy atom. The van der Waals surface area contributed by atoms with Crippen LogP contribution in [0.3, 0.4) is 0 Å². The Labute approximate surface area is 94.6 Å². The van der Waals surface area contributed by atoms with E-state index in [0.717, 1.165) is 0 Å². The number of nitrogens with zero attached hydrogens (tertiary/aromatic N) is 1. The second-order valence-corrected chi connectivity index (χ2v) is 3.43. The average Bonchev–Trinajstić information content (AvgIpc) is 2.63. The third-order valence-corrected chi connectivity index (χ3v) is 1.93. The van der Waals surface area contributed by atoms with Gasteiger partial charge in [0.25, 0.3) is 5.91 Å². The lowest BCUT2D eigenvalue weighted by Gasteiger charge is -2.13. The molecule has 1 aromatic rings. The number of aromatic nitrogens is 1. The van der Waals surface area contributed by atoms with Crippen LogP contribution in [0.2, 0.25) is 0 Å². The Balaban J connectivity index is 2.35. The van der Waals surface area contributed by atoms with E-state index in [0.29, 0.717) is 5.69 Å². The van der Waals surface area contributed by atoms with Crippen LogP contribution in [0.4, 0.5) is 13.2 Å². The maximum Gasteiger partial charge on any atom is 0.414 e. The summed E-state index contributed by atoms with van der Waals surface area (Å²) >= 11 is 0. The molecule has 0 aliphatic heterocycles. The zero-order valence-electron chi connectivity index (χ0n) is 8.91. The Kier molecular flexibility index (Phi) is 4.11. The molecule has 1 aromatic heterocycles. The van der Waals surface area contributed by atoms with Crippen LogP contribution in [0.15, 0.2) is 10.6 Å². The summed E-state index contributed by atoms with van der Waals surface area (Å²) in [5, 5.41) is 14.3. The molecule has 0 fully saturated rings. The van der Waals surface area contributed by atoms with Gasteiger partial charge in [0.05, 0.1) is 5.69 Å². The van der Waals surface area contributed by atoms with Crippen LogP contribution in [0, 0.1) is 6.92 Å². The second-order valence-electron chi connectivity index (χ2n) is 3.43. The lowest BCUT2D eigenvalue weighted by atomic mass is 10.2. The number of hydrogen-bond donors (Lipinski definition) is 2. The lowest BCUT2D eigenvalue weighted by Crippen LogP contribution is -2.33. The molecule has 17 heavy (non-hydrogen) atoms. The van der Waals surface area contributed by atoms with Gasteiger partial charge in [-0.3, -0.25) is 4.79 Å². The minimum Gasteiger partial charge on any atom is -0.384 e. The normalized spacial score (nSPS) is 13.5. The Hall–Kier alpha value is -1.57. The van der Waals surface area contributed by atoms with Crippen LogP contribution in [0.25, 0.3) is 0 Å². The van der Waals surface area contributed by atoms with Crippen LogP contribution in [0.5, 0.6) is 0 Å². The summed E-state index contributed by atoms with van der Waals surface area (Å²) in [4.78, 5) is 11.3. The highest BCUT2D eigenvalue weighted by Gasteiger charge is 2.37. The van der Waals surface area contributed by atoms with Crippen molar-refractivity contribution in [3.8, 4) is 0 Å². The molecular formula is C9H11F3N2O3. The van der Waals surface area contributed by atoms with Gasteiger partial charge in [-0.05, 0) is 13.3 Å². The van der Waals surface area contributed by atoms with Gasteiger partial charge in [-0.25, -0.2) is 0 Å². The largest absolute Gasteiger partial charge is 0.414 e. The number of aliphatic hydroxyl groups excluding tert-OH is 1. The molecule has 0 spiro atoms. The van der Waals surface area contributed by atoms with E-state index in [1.165, 1.54) is 6.07 Å². The number of rotatable bonds is 4. The van der Waals surface area contributed by atoms with E-state index in [-0.39, 0.29) is 12.3 Å². The number of aryl methyl sites for hydroxylation is 1. The summed E-state index contributed by atoms with van der Waals surface area (Å²) in [6.45, 7) is 1.30. The number of carbonyl (C=O) groups is 1. The first-order valence-corrected chi connectivity index (χ1v) is 4.77. The van der Waals surface area contributed by atoms with E-state index < -0.39 is 24.6 Å². The molecule has 0 aliphatic carbocycles. The van der Waals surface area contributed by atoms with Gasteiger partial charge in [0.1, 0.15) is 0 Å². The summed E-state index contributed by atoms with van der Waals surface area (Å²) < 4.78 is 40.3. The van der Waals surface area contributed by atoms with Crippen molar-refractivity contribution in [1.82, 2.24) is 10.5 Å². The molecular weight excluding hydrogens is 241 g/mol. The maximum absolute atomic E-state index is 11.9. The van der Waals surface area contributed by atoms with Gasteiger partial charge in [-0.2, -0.15) is 13.2 Å². The van der Waals surface area contributed by atoms with Crippen molar-refractivity contribution in [2.75, 3.05) is 6.54 Å². The molecule has 1 amide bonds. The highest BCUT2D eigenvalue weighted by molar-refractivity contribution is 5.91. The Bertz CT molecular complexity index is 389. The van der Waals surface area contributed by atoms with E-state index in [2.05, 4.69) is 15.0 Å². The molecule has 5 nitrogen and oxygen atoms in total. The predicted octanol–water partition coefficient (Wildman–Crippen LogP) is 1.03. The van der Waals surface area contributed by atoms with E-state index in [9.17, 15) is 18.0 Å². The van der Waals surface area contributed by atoms with Gasteiger partial charge in [0.15, 0.2) is 6.10 Å². The fourth-order valence-corrected chi connectivity index (χ4v) is 1.04. The monoisotopic (exact) mass is 252 g/mol. The molecule has 0 saturated heterocycles. The first kappa shape index (κ1) is 13.5. The SMILES string of the molecule is Cc1cc(C(=O)NCCC(O)C(F)(F)F)on1. The predicted molar refractivity (Wildman–Crippen MR) is 50.3 cm³/mol. The fraction of sp³-hybridized carbons (Fsp3) is 0.556. The molecule has 0 aromatic carbocycles. The first-order chi connectivity index (χ1) is 7.80. The number of alkyl halides is 3. The summed E-state index contributed by atoms with van der Waals surface area (Å²) in [6, 6.07) is 1.36. The maximum atomic E-state index is 11.9. The van der Waals surface area contributed by atoms with E-state index in [1.807, 2.05) is 0 Å². The smallest absolute Gasteiger partial charge is 0.384 e. The van der Waals surface area contributed by atoms with Crippen molar-refractivity contribution in [3.05, 3.63) is 17.5 Å². The van der Waals surface area contributed by atoms with Crippen LogP contribution in [0.1, 0.15) is 22.7 Å². The van der Waals surface area contributed by atoms with Crippen molar-refractivity contribution < 1.29 is 27.6 Å². The summed E-state index contributed by atoms with van der Waals surface area (Å²) in [7, 11) is 0. The minimum atomic E-state index is -4.67. The molecule has 1 rings (SSSR count). The highest BCUT2D eigenvalue weighted by atomic mass is 19.4. The van der Waals surface area contributed by atoms with Gasteiger partial charge in [0.2, 0.25) is 5.76 Å². The molecule has 0 saturated carbocycles. The minimum absolute atomic E-state index is 0.0796. The molecule has 1 unspecified atom stereocenters. The summed E-state index contributed by atoms with van der Waals surface area (Å²) in [5.74, 6) is -0.746. The third-order valence-electron chi connectivity index (χ3n) is 1.93. The van der Waals surface area contributed by atoms with Gasteiger partial charge < -0.3 is 14.9 Å². The number of halogens is 3. The van der Waals surface area contributed by atoms with Gasteiger partial charge >= 0.3 is 6.18 Å². The average molecular weight is 252 g/mol. The van der Waals surface area contributed by atoms with Crippen LogP contribution >= 0.6 is 0 Å². The van der Waals surface area contributed by atoms with Crippen molar-refractivity contribution >= 4 is 5.91 Å². The van der Waals surface area contributed by atoms with Gasteiger partial charge in [0, 0.05) is 12.6 Å². The Morgan fingerprint density at radius 3 is 2.76 bits per heavy atom. The zero-order chi connectivity index (χ0) is 13.1. The standard InChI is InChI=1S/C9H11F3N2O3/c1-5-4-6(17-14-5)8(16)13-3-2-7(15)9(10,11)12/h4,7,15H,2-3H2,1H3,(H,13,16). The highest BCUT2D eigenvalue weighted by Crippen LogP contribution is 2.21. The van der Waals surface area contributed by atoms with Crippen molar-refractivity contribution in [1.29, 1.82) is 0 Å². The molecule has 0 radical (unpaired) electrons. The molecule has 1 atom stereocenters. The topological polar surface area (TPSA) is 75.4 Å². The van der Waals surface area contributed by atoms with E-state index in [1.54, 1.807) is 6.92 Å². The van der Waals surface area contributed by atoms with Gasteiger partial charge in [-0.1, -0.05) is 5.16 Å². The quantitative estimate of drug-likeness (QED) is 0.839. The van der Waals surface area contributed by atoms with Crippen LogP contribution in [-0.2, 0) is 0 Å². The van der Waals surface area contributed by atoms with Gasteiger partial charge in [-0.15, -0.1) is 0 Å². The van der Waals surface area contributed by atoms with Crippen molar-refractivity contribution in [2.45, 2.75) is 25.6 Å². The summed E-state index contributed by atoms with van der Waals surface area (Å²) in [6.07, 6.45) is -7.73. The number of amides is 1.